The molecule has 2 aromatic rings. The van der Waals surface area contributed by atoms with Crippen molar-refractivity contribution >= 4 is 28.9 Å². The zero-order chi connectivity index (χ0) is 11.0. The van der Waals surface area contributed by atoms with Gasteiger partial charge in [0.25, 0.3) is 0 Å². The predicted octanol–water partition coefficient (Wildman–Crippen LogP) is 2.53. The van der Waals surface area contributed by atoms with Gasteiger partial charge in [-0.25, -0.2) is 0 Å². The number of nitrogens with zero attached hydrogens (tertiary/aromatic N) is 1. The number of rotatable bonds is 1. The molecule has 0 aliphatic carbocycles. The fourth-order valence-electron chi connectivity index (χ4n) is 2.15. The van der Waals surface area contributed by atoms with E-state index in [1.165, 1.54) is 11.2 Å². The molecule has 0 saturated carbocycles. The van der Waals surface area contributed by atoms with Gasteiger partial charge in [0, 0.05) is 25.2 Å². The maximum absolute atomic E-state index is 5.38. The lowest BCUT2D eigenvalue weighted by atomic mass is 10.2. The summed E-state index contributed by atoms with van der Waals surface area (Å²) in [7, 11) is 0. The van der Waals surface area contributed by atoms with Crippen LogP contribution in [0.4, 0.5) is 0 Å². The third-order valence-electron chi connectivity index (χ3n) is 2.92. The molecule has 1 aliphatic rings. The van der Waals surface area contributed by atoms with Crippen molar-refractivity contribution < 1.29 is 0 Å². The van der Waals surface area contributed by atoms with E-state index in [1.807, 2.05) is 12.1 Å². The Morgan fingerprint density at radius 3 is 2.94 bits per heavy atom. The van der Waals surface area contributed by atoms with Crippen LogP contribution in [0.15, 0.2) is 30.3 Å². The largest absolute Gasteiger partial charge is 0.330 e. The topological polar surface area (TPSA) is 32.8 Å². The second-order valence-electron chi connectivity index (χ2n) is 3.93. The highest BCUT2D eigenvalue weighted by atomic mass is 32.1. The molecule has 0 unspecified atom stereocenters. The minimum absolute atomic E-state index is 0.786. The SMILES string of the molecule is S=c1[nH]c2ccccc2n1C1=CCNCC1. The van der Waals surface area contributed by atoms with E-state index in [0.717, 1.165) is 29.8 Å². The molecule has 16 heavy (non-hydrogen) atoms. The first-order valence-electron chi connectivity index (χ1n) is 5.46. The Kier molecular flexibility index (Phi) is 2.38. The Hall–Kier alpha value is -1.39. The molecule has 4 heteroatoms. The number of para-hydroxylation sites is 2. The standard InChI is InChI=1S/C12H13N3S/c16-12-14-10-3-1-2-4-11(10)15(12)9-5-7-13-8-6-9/h1-5,13H,6-8H2,(H,14,16). The van der Waals surface area contributed by atoms with Gasteiger partial charge in [-0.1, -0.05) is 18.2 Å². The Labute approximate surface area is 98.8 Å². The first-order chi connectivity index (χ1) is 7.86. The van der Waals surface area contributed by atoms with Crippen molar-refractivity contribution in [3.8, 4) is 0 Å². The quantitative estimate of drug-likeness (QED) is 0.739. The molecule has 82 valence electrons. The van der Waals surface area contributed by atoms with E-state index < -0.39 is 0 Å². The van der Waals surface area contributed by atoms with Gasteiger partial charge in [0.15, 0.2) is 4.77 Å². The summed E-state index contributed by atoms with van der Waals surface area (Å²) in [6.45, 7) is 1.95. The number of H-pyrrole nitrogens is 1. The van der Waals surface area contributed by atoms with Crippen molar-refractivity contribution in [1.82, 2.24) is 14.9 Å². The van der Waals surface area contributed by atoms with E-state index in [1.54, 1.807) is 0 Å². The van der Waals surface area contributed by atoms with Crippen LogP contribution in [0, 0.1) is 4.77 Å². The van der Waals surface area contributed by atoms with Gasteiger partial charge in [0.1, 0.15) is 0 Å². The highest BCUT2D eigenvalue weighted by Gasteiger charge is 2.10. The van der Waals surface area contributed by atoms with Crippen molar-refractivity contribution in [1.29, 1.82) is 0 Å². The number of fused-ring (bicyclic) bond motifs is 1. The molecule has 2 heterocycles. The summed E-state index contributed by atoms with van der Waals surface area (Å²) < 4.78 is 2.93. The molecular weight excluding hydrogens is 218 g/mol. The number of nitrogens with one attached hydrogen (secondary N) is 2. The van der Waals surface area contributed by atoms with Crippen LogP contribution in [0.25, 0.3) is 16.7 Å². The Bertz CT molecular complexity index is 606. The fraction of sp³-hybridized carbons (Fsp3) is 0.250. The van der Waals surface area contributed by atoms with E-state index >= 15 is 0 Å². The molecule has 3 nitrogen and oxygen atoms in total. The molecule has 3 rings (SSSR count). The van der Waals surface area contributed by atoms with Crippen LogP contribution in [0.3, 0.4) is 0 Å². The highest BCUT2D eigenvalue weighted by Crippen LogP contribution is 2.21. The summed E-state index contributed by atoms with van der Waals surface area (Å²) in [5, 5.41) is 3.31. The van der Waals surface area contributed by atoms with Crippen LogP contribution in [0.2, 0.25) is 0 Å². The van der Waals surface area contributed by atoms with E-state index in [4.69, 9.17) is 12.2 Å². The average Bonchev–Trinajstić information content (AvgIpc) is 2.66. The van der Waals surface area contributed by atoms with E-state index in [9.17, 15) is 0 Å². The van der Waals surface area contributed by atoms with Crippen molar-refractivity contribution in [2.24, 2.45) is 0 Å². The van der Waals surface area contributed by atoms with Gasteiger partial charge in [-0.05, 0) is 24.4 Å². The minimum atomic E-state index is 0.786. The molecule has 0 spiro atoms. The van der Waals surface area contributed by atoms with Gasteiger partial charge in [0.05, 0.1) is 11.0 Å². The van der Waals surface area contributed by atoms with Gasteiger partial charge in [-0.2, -0.15) is 0 Å². The maximum Gasteiger partial charge on any atom is 0.182 e. The van der Waals surface area contributed by atoms with Crippen LogP contribution < -0.4 is 5.32 Å². The van der Waals surface area contributed by atoms with Crippen molar-refractivity contribution in [3.63, 3.8) is 0 Å². The molecule has 0 saturated heterocycles. The molecule has 0 amide bonds. The summed E-state index contributed by atoms with van der Waals surface area (Å²) in [4.78, 5) is 3.24. The highest BCUT2D eigenvalue weighted by molar-refractivity contribution is 7.71. The first kappa shape index (κ1) is 9.81. The number of imidazole rings is 1. The number of hydrogen-bond donors (Lipinski definition) is 2. The van der Waals surface area contributed by atoms with Gasteiger partial charge >= 0.3 is 0 Å². The molecule has 2 N–H and O–H groups in total. The van der Waals surface area contributed by atoms with Crippen LogP contribution >= 0.6 is 12.2 Å². The van der Waals surface area contributed by atoms with Gasteiger partial charge in [0.2, 0.25) is 0 Å². The lowest BCUT2D eigenvalue weighted by molar-refractivity contribution is 0.718. The second-order valence-corrected chi connectivity index (χ2v) is 4.32. The van der Waals surface area contributed by atoms with E-state index in [0.29, 0.717) is 0 Å². The number of hydrogen-bond acceptors (Lipinski definition) is 2. The van der Waals surface area contributed by atoms with Crippen LogP contribution in [0.5, 0.6) is 0 Å². The van der Waals surface area contributed by atoms with Crippen molar-refractivity contribution in [2.75, 3.05) is 13.1 Å². The van der Waals surface area contributed by atoms with Gasteiger partial charge in [-0.3, -0.25) is 4.57 Å². The fourth-order valence-corrected chi connectivity index (χ4v) is 2.48. The van der Waals surface area contributed by atoms with Crippen LogP contribution in [-0.4, -0.2) is 22.6 Å². The molecule has 0 bridgehead atoms. The molecule has 0 fully saturated rings. The predicted molar refractivity (Wildman–Crippen MR) is 68.9 cm³/mol. The monoisotopic (exact) mass is 231 g/mol. The lowest BCUT2D eigenvalue weighted by Crippen LogP contribution is -2.21. The lowest BCUT2D eigenvalue weighted by Gasteiger charge is -2.15. The number of aromatic nitrogens is 2. The summed E-state index contributed by atoms with van der Waals surface area (Å²) in [5.74, 6) is 0. The van der Waals surface area contributed by atoms with Crippen LogP contribution in [-0.2, 0) is 0 Å². The zero-order valence-corrected chi connectivity index (χ0v) is 9.68. The Morgan fingerprint density at radius 2 is 2.12 bits per heavy atom. The Balaban J connectivity index is 2.26. The molecule has 1 aromatic carbocycles. The average molecular weight is 231 g/mol. The molecule has 1 aromatic heterocycles. The minimum Gasteiger partial charge on any atom is -0.330 e. The summed E-state index contributed by atoms with van der Waals surface area (Å²) in [5.41, 5.74) is 3.56. The van der Waals surface area contributed by atoms with E-state index in [-0.39, 0.29) is 0 Å². The molecule has 0 radical (unpaired) electrons. The third kappa shape index (κ3) is 1.50. The summed E-state index contributed by atoms with van der Waals surface area (Å²) in [6.07, 6.45) is 3.23. The van der Waals surface area contributed by atoms with Gasteiger partial charge in [-0.15, -0.1) is 0 Å². The van der Waals surface area contributed by atoms with Crippen molar-refractivity contribution in [2.45, 2.75) is 6.42 Å². The summed E-state index contributed by atoms with van der Waals surface area (Å²) >= 11 is 5.38. The number of benzene rings is 1. The second kappa shape index (κ2) is 3.88. The normalized spacial score (nSPS) is 16.4. The number of aromatic amines is 1. The smallest absolute Gasteiger partial charge is 0.182 e. The van der Waals surface area contributed by atoms with Crippen LogP contribution in [0.1, 0.15) is 6.42 Å². The molecular formula is C12H13N3S. The third-order valence-corrected chi connectivity index (χ3v) is 3.20. The van der Waals surface area contributed by atoms with Crippen molar-refractivity contribution in [3.05, 3.63) is 35.1 Å². The Morgan fingerprint density at radius 1 is 1.25 bits per heavy atom. The zero-order valence-electron chi connectivity index (χ0n) is 8.86. The maximum atomic E-state index is 5.38. The van der Waals surface area contributed by atoms with E-state index in [2.05, 4.69) is 33.1 Å². The first-order valence-corrected chi connectivity index (χ1v) is 5.87. The molecule has 0 atom stereocenters. The van der Waals surface area contributed by atoms with Gasteiger partial charge < -0.3 is 10.3 Å². The summed E-state index contributed by atoms with van der Waals surface area (Å²) in [6, 6.07) is 8.23. The molecule has 1 aliphatic heterocycles.